The van der Waals surface area contributed by atoms with Crippen LogP contribution in [0.1, 0.15) is 0 Å². The van der Waals surface area contributed by atoms with Gasteiger partial charge in [-0.2, -0.15) is 9.07 Å². The summed E-state index contributed by atoms with van der Waals surface area (Å²) in [7, 11) is 0. The highest BCUT2D eigenvalue weighted by Gasteiger charge is 2.09. The van der Waals surface area contributed by atoms with Gasteiger partial charge in [0.25, 0.3) is 5.95 Å². The molecule has 0 bridgehead atoms. The van der Waals surface area contributed by atoms with Crippen molar-refractivity contribution in [3.63, 3.8) is 0 Å². The van der Waals surface area contributed by atoms with E-state index < -0.39 is 11.6 Å². The molecule has 0 aliphatic rings. The minimum Gasteiger partial charge on any atom is -0.245 e. The van der Waals surface area contributed by atoms with Crippen LogP contribution >= 0.6 is 0 Å². The van der Waals surface area contributed by atoms with Gasteiger partial charge in [-0.3, -0.25) is 0 Å². The van der Waals surface area contributed by atoms with Crippen LogP contribution in [0.2, 0.25) is 0 Å². The molecule has 0 aromatic carbocycles. The summed E-state index contributed by atoms with van der Waals surface area (Å²) in [6.07, 6.45) is 6.04. The number of nitrogens with zero attached hydrogens (tertiary/aromatic N) is 5. The Bertz CT molecular complexity index is 578. The fourth-order valence-electron chi connectivity index (χ4n) is 0.994. The predicted molar refractivity (Wildman–Crippen MR) is 43.8 cm³/mol. The quantitative estimate of drug-likeness (QED) is 0.548. The fraction of sp³-hybridized carbons (Fsp3) is 0.143. The molecule has 7 heteroatoms. The number of halogens is 1. The number of rotatable bonds is 1. The molecule has 2 aromatic heterocycles. The fourth-order valence-corrected chi connectivity index (χ4v) is 0.994. The van der Waals surface area contributed by atoms with Crippen LogP contribution in [0.25, 0.3) is 5.65 Å². The molecule has 0 N–H and O–H groups in total. The summed E-state index contributed by atoms with van der Waals surface area (Å²) in [5.41, 5.74) is -0.771. The first-order valence-electron chi connectivity index (χ1n) is 3.64. The van der Waals surface area contributed by atoms with Gasteiger partial charge in [0, 0.05) is 0 Å². The van der Waals surface area contributed by atoms with Crippen LogP contribution in [0.15, 0.2) is 11.1 Å². The van der Waals surface area contributed by atoms with E-state index in [2.05, 4.69) is 21.2 Å². The third-order valence-corrected chi connectivity index (χ3v) is 1.61. The normalized spacial score (nSPS) is 10.3. The van der Waals surface area contributed by atoms with Crippen molar-refractivity contribution in [1.82, 2.24) is 24.4 Å². The molecule has 0 amide bonds. The first-order chi connectivity index (χ1) is 6.74. The molecule has 0 aliphatic carbocycles. The molecule has 0 radical (unpaired) electrons. The number of terminal acetylenes is 1. The summed E-state index contributed by atoms with van der Waals surface area (Å²) in [6.45, 7) is -0.0123. The van der Waals surface area contributed by atoms with Gasteiger partial charge in [-0.05, 0) is 0 Å². The average molecular weight is 193 g/mol. The molecule has 0 aliphatic heterocycles. The highest BCUT2D eigenvalue weighted by Crippen LogP contribution is 1.97. The van der Waals surface area contributed by atoms with Crippen LogP contribution < -0.4 is 5.69 Å². The monoisotopic (exact) mass is 193 g/mol. The summed E-state index contributed by atoms with van der Waals surface area (Å²) < 4.78 is 14.7. The number of fused-ring (bicyclic) bond motifs is 1. The van der Waals surface area contributed by atoms with Crippen molar-refractivity contribution in [2.75, 3.05) is 0 Å². The standard InChI is InChI=1S/C7H4FN5O/c1-2-3-13-7(14)12-4-9-5(8)6(12)10-11-13/h1,4H,3H2. The zero-order chi connectivity index (χ0) is 10.1. The van der Waals surface area contributed by atoms with Crippen LogP contribution in [-0.2, 0) is 6.54 Å². The Morgan fingerprint density at radius 2 is 2.43 bits per heavy atom. The zero-order valence-electron chi connectivity index (χ0n) is 6.88. The second kappa shape index (κ2) is 2.92. The van der Waals surface area contributed by atoms with Crippen molar-refractivity contribution in [2.24, 2.45) is 0 Å². The molecular formula is C7H4FN5O. The summed E-state index contributed by atoms with van der Waals surface area (Å²) in [5, 5.41) is 6.90. The van der Waals surface area contributed by atoms with Gasteiger partial charge in [0.1, 0.15) is 12.9 Å². The Morgan fingerprint density at radius 3 is 3.14 bits per heavy atom. The van der Waals surface area contributed by atoms with Crippen LogP contribution in [-0.4, -0.2) is 24.4 Å². The Labute approximate surface area is 77.0 Å². The largest absolute Gasteiger partial charge is 0.353 e. The maximum Gasteiger partial charge on any atom is 0.353 e. The smallest absolute Gasteiger partial charge is 0.245 e. The average Bonchev–Trinajstić information content (AvgIpc) is 2.54. The molecule has 0 spiro atoms. The Kier molecular flexibility index (Phi) is 1.74. The maximum absolute atomic E-state index is 12.8. The van der Waals surface area contributed by atoms with Crippen molar-refractivity contribution >= 4 is 5.65 Å². The molecule has 2 rings (SSSR count). The molecule has 0 saturated carbocycles. The molecular weight excluding hydrogens is 189 g/mol. The molecule has 0 unspecified atom stereocenters. The van der Waals surface area contributed by atoms with Crippen molar-refractivity contribution in [2.45, 2.75) is 6.54 Å². The van der Waals surface area contributed by atoms with E-state index in [0.717, 1.165) is 15.4 Å². The number of imidazole rings is 1. The molecule has 14 heavy (non-hydrogen) atoms. The van der Waals surface area contributed by atoms with E-state index in [4.69, 9.17) is 6.42 Å². The van der Waals surface area contributed by atoms with Gasteiger partial charge in [0.2, 0.25) is 5.65 Å². The lowest BCUT2D eigenvalue weighted by molar-refractivity contribution is 0.560. The van der Waals surface area contributed by atoms with Crippen molar-refractivity contribution in [3.05, 3.63) is 22.8 Å². The van der Waals surface area contributed by atoms with E-state index in [9.17, 15) is 9.18 Å². The van der Waals surface area contributed by atoms with Crippen LogP contribution in [0.3, 0.4) is 0 Å². The Balaban J connectivity index is 2.78. The molecule has 0 saturated heterocycles. The molecule has 0 atom stereocenters. The summed E-state index contributed by atoms with van der Waals surface area (Å²) >= 11 is 0. The van der Waals surface area contributed by atoms with Gasteiger partial charge in [-0.15, -0.1) is 11.5 Å². The summed E-state index contributed by atoms with van der Waals surface area (Å²) in [5.74, 6) is 1.40. The highest BCUT2D eigenvalue weighted by molar-refractivity contribution is 5.33. The molecule has 6 nitrogen and oxygen atoms in total. The molecule has 70 valence electrons. The van der Waals surface area contributed by atoms with Crippen LogP contribution in [0.4, 0.5) is 4.39 Å². The lowest BCUT2D eigenvalue weighted by Crippen LogP contribution is -2.29. The Morgan fingerprint density at radius 1 is 1.64 bits per heavy atom. The van der Waals surface area contributed by atoms with E-state index in [1.807, 2.05) is 0 Å². The SMILES string of the molecule is C#CCn1nnc2c(F)ncn2c1=O. The lowest BCUT2D eigenvalue weighted by atomic mass is 10.7. The minimum absolute atomic E-state index is 0.0123. The van der Waals surface area contributed by atoms with Crippen molar-refractivity contribution in [1.29, 1.82) is 0 Å². The van der Waals surface area contributed by atoms with E-state index in [0.29, 0.717) is 0 Å². The van der Waals surface area contributed by atoms with Crippen molar-refractivity contribution in [3.8, 4) is 12.3 Å². The second-order valence-electron chi connectivity index (χ2n) is 2.46. The summed E-state index contributed by atoms with van der Waals surface area (Å²) in [6, 6.07) is 0. The number of aromatic nitrogens is 5. The first kappa shape index (κ1) is 8.37. The third-order valence-electron chi connectivity index (χ3n) is 1.61. The topological polar surface area (TPSA) is 65.1 Å². The number of hydrogen-bond donors (Lipinski definition) is 0. The molecule has 2 aromatic rings. The Hall–Kier alpha value is -2.23. The lowest BCUT2D eigenvalue weighted by Gasteiger charge is -1.97. The van der Waals surface area contributed by atoms with E-state index in [-0.39, 0.29) is 12.2 Å². The van der Waals surface area contributed by atoms with E-state index in [1.54, 1.807) is 0 Å². The van der Waals surface area contributed by atoms with Gasteiger partial charge in [0.15, 0.2) is 0 Å². The minimum atomic E-state index is -0.831. The van der Waals surface area contributed by atoms with E-state index >= 15 is 0 Å². The van der Waals surface area contributed by atoms with Gasteiger partial charge in [-0.25, -0.2) is 14.2 Å². The molecule has 2 heterocycles. The third kappa shape index (κ3) is 1.05. The van der Waals surface area contributed by atoms with Crippen molar-refractivity contribution < 1.29 is 4.39 Å². The molecule has 0 fully saturated rings. The van der Waals surface area contributed by atoms with Gasteiger partial charge in [-0.1, -0.05) is 11.1 Å². The zero-order valence-corrected chi connectivity index (χ0v) is 6.88. The van der Waals surface area contributed by atoms with Crippen LogP contribution in [0, 0.1) is 18.3 Å². The second-order valence-corrected chi connectivity index (χ2v) is 2.46. The first-order valence-corrected chi connectivity index (χ1v) is 3.64. The van der Waals surface area contributed by atoms with Gasteiger partial charge >= 0.3 is 5.69 Å². The predicted octanol–water partition coefficient (Wildman–Crippen LogP) is -0.942. The summed E-state index contributed by atoms with van der Waals surface area (Å²) in [4.78, 5) is 14.7. The van der Waals surface area contributed by atoms with Gasteiger partial charge in [0.05, 0.1) is 0 Å². The van der Waals surface area contributed by atoms with Gasteiger partial charge < -0.3 is 0 Å². The maximum atomic E-state index is 12.8. The number of hydrogen-bond acceptors (Lipinski definition) is 4. The highest BCUT2D eigenvalue weighted by atomic mass is 19.1. The van der Waals surface area contributed by atoms with E-state index in [1.165, 1.54) is 0 Å². The van der Waals surface area contributed by atoms with Crippen LogP contribution in [0.5, 0.6) is 0 Å².